The summed E-state index contributed by atoms with van der Waals surface area (Å²) >= 11 is 2.16. The van der Waals surface area contributed by atoms with Crippen LogP contribution >= 0.6 is 22.6 Å². The van der Waals surface area contributed by atoms with Gasteiger partial charge in [-0.2, -0.15) is 5.10 Å². The molecule has 0 aliphatic carbocycles. The molecule has 0 atom stereocenters. The molecule has 0 fully saturated rings. The summed E-state index contributed by atoms with van der Waals surface area (Å²) in [5, 5.41) is 6.48. The highest BCUT2D eigenvalue weighted by atomic mass is 127. The number of hydrogen-bond acceptors (Lipinski definition) is 7. The minimum absolute atomic E-state index is 0.125. The van der Waals surface area contributed by atoms with Crippen molar-refractivity contribution >= 4 is 40.6 Å². The van der Waals surface area contributed by atoms with Crippen molar-refractivity contribution in [2.75, 3.05) is 26.6 Å². The normalized spacial score (nSPS) is 12.0. The molecule has 2 aromatic carbocycles. The minimum atomic E-state index is -0.462. The van der Waals surface area contributed by atoms with Gasteiger partial charge in [0.15, 0.2) is 23.0 Å². The maximum atomic E-state index is 12.2. The lowest BCUT2D eigenvalue weighted by atomic mass is 10.2. The van der Waals surface area contributed by atoms with Crippen LogP contribution < -0.4 is 29.7 Å². The summed E-state index contributed by atoms with van der Waals surface area (Å²) in [6.45, 7) is 4.72. The van der Waals surface area contributed by atoms with E-state index in [2.05, 4.69) is 38.4 Å². The summed E-state index contributed by atoms with van der Waals surface area (Å²) in [5.41, 5.74) is 3.49. The molecule has 1 heterocycles. The van der Waals surface area contributed by atoms with Crippen LogP contribution in [0.15, 0.2) is 35.4 Å². The average molecular weight is 539 g/mol. The zero-order valence-corrected chi connectivity index (χ0v) is 19.2. The number of hydrogen-bond donors (Lipinski definition) is 2. The van der Waals surface area contributed by atoms with Crippen molar-refractivity contribution in [2.24, 2.45) is 5.10 Å². The molecule has 0 aromatic heterocycles. The van der Waals surface area contributed by atoms with Crippen LogP contribution in [0.4, 0.5) is 0 Å². The number of hydrazone groups is 1. The van der Waals surface area contributed by atoms with Crippen molar-refractivity contribution in [1.29, 1.82) is 0 Å². The highest BCUT2D eigenvalue weighted by Crippen LogP contribution is 2.34. The largest absolute Gasteiger partial charge is 0.490 e. The maximum absolute atomic E-state index is 12.2. The van der Waals surface area contributed by atoms with E-state index in [0.29, 0.717) is 41.8 Å². The Morgan fingerprint density at radius 3 is 2.68 bits per heavy atom. The molecule has 2 amide bonds. The van der Waals surface area contributed by atoms with E-state index >= 15 is 0 Å². The number of nitrogens with zero attached hydrogens (tertiary/aromatic N) is 1. The monoisotopic (exact) mass is 539 g/mol. The molecule has 0 radical (unpaired) electrons. The fourth-order valence-corrected chi connectivity index (χ4v) is 3.51. The van der Waals surface area contributed by atoms with Crippen LogP contribution in [0.1, 0.15) is 29.8 Å². The van der Waals surface area contributed by atoms with E-state index in [1.807, 2.05) is 19.9 Å². The smallest absolute Gasteiger partial charge is 0.259 e. The molecule has 3 rings (SSSR count). The Morgan fingerprint density at radius 2 is 1.90 bits per heavy atom. The molecule has 0 spiro atoms. The van der Waals surface area contributed by atoms with Gasteiger partial charge in [0, 0.05) is 5.56 Å². The van der Waals surface area contributed by atoms with Gasteiger partial charge in [-0.05, 0) is 72.3 Å². The third-order valence-corrected chi connectivity index (χ3v) is 4.87. The number of ether oxygens (including phenoxy) is 4. The zero-order valence-electron chi connectivity index (χ0n) is 17.1. The lowest BCUT2D eigenvalue weighted by molar-refractivity contribution is -0.120. The molecule has 1 aliphatic heterocycles. The second-order valence-electron chi connectivity index (χ2n) is 6.24. The summed E-state index contributed by atoms with van der Waals surface area (Å²) < 4.78 is 22.6. The van der Waals surface area contributed by atoms with E-state index in [9.17, 15) is 9.59 Å². The number of benzene rings is 2. The van der Waals surface area contributed by atoms with E-state index in [4.69, 9.17) is 18.9 Å². The first-order chi connectivity index (χ1) is 15.0. The topological polar surface area (TPSA) is 107 Å². The lowest BCUT2D eigenvalue weighted by Crippen LogP contribution is -2.34. The number of rotatable bonds is 9. The first kappa shape index (κ1) is 22.7. The molecule has 0 bridgehead atoms. The first-order valence-corrected chi connectivity index (χ1v) is 10.7. The Bertz CT molecular complexity index is 995. The van der Waals surface area contributed by atoms with Gasteiger partial charge >= 0.3 is 0 Å². The minimum Gasteiger partial charge on any atom is -0.490 e. The Balaban J connectivity index is 1.53. The Kier molecular flexibility index (Phi) is 7.93. The van der Waals surface area contributed by atoms with Crippen molar-refractivity contribution < 1.29 is 28.5 Å². The second-order valence-corrected chi connectivity index (χ2v) is 7.40. The predicted molar refractivity (Wildman–Crippen MR) is 122 cm³/mol. The molecular weight excluding hydrogens is 517 g/mol. The molecule has 0 unspecified atom stereocenters. The standard InChI is InChI=1S/C21H22IN3O6/c1-3-28-18-8-13(7-15(22)20(18)29-4-2)10-24-25-19(26)11-23-21(27)14-5-6-16-17(9-14)31-12-30-16/h5-10H,3-4,11-12H2,1-2H3,(H,23,27)(H,25,26). The van der Waals surface area contributed by atoms with Crippen molar-refractivity contribution in [1.82, 2.24) is 10.7 Å². The summed E-state index contributed by atoms with van der Waals surface area (Å²) in [6, 6.07) is 8.47. The molecule has 10 heteroatoms. The van der Waals surface area contributed by atoms with Crippen LogP contribution in [-0.4, -0.2) is 44.6 Å². The summed E-state index contributed by atoms with van der Waals surface area (Å²) in [4.78, 5) is 24.2. The Hall–Kier alpha value is -3.02. The van der Waals surface area contributed by atoms with Crippen molar-refractivity contribution in [3.63, 3.8) is 0 Å². The quantitative estimate of drug-likeness (QED) is 0.289. The van der Waals surface area contributed by atoms with E-state index in [1.165, 1.54) is 6.21 Å². The number of halogens is 1. The van der Waals surface area contributed by atoms with Crippen molar-refractivity contribution in [3.05, 3.63) is 45.0 Å². The van der Waals surface area contributed by atoms with E-state index in [-0.39, 0.29) is 13.3 Å². The summed E-state index contributed by atoms with van der Waals surface area (Å²) in [5.74, 6) is 1.51. The van der Waals surface area contributed by atoms with Crippen molar-refractivity contribution in [2.45, 2.75) is 13.8 Å². The van der Waals surface area contributed by atoms with Gasteiger partial charge in [0.2, 0.25) is 6.79 Å². The number of carbonyl (C=O) groups excluding carboxylic acids is 2. The van der Waals surface area contributed by atoms with E-state index in [0.717, 1.165) is 9.13 Å². The number of carbonyl (C=O) groups is 2. The van der Waals surface area contributed by atoms with Crippen LogP contribution in [0, 0.1) is 3.57 Å². The third kappa shape index (κ3) is 6.00. The molecule has 9 nitrogen and oxygen atoms in total. The Labute approximate surface area is 193 Å². The molecule has 0 saturated heterocycles. The van der Waals surface area contributed by atoms with Gasteiger partial charge in [0.05, 0.1) is 29.5 Å². The van der Waals surface area contributed by atoms with Gasteiger partial charge < -0.3 is 24.3 Å². The first-order valence-electron chi connectivity index (χ1n) is 9.60. The molecule has 31 heavy (non-hydrogen) atoms. The molecule has 2 aromatic rings. The van der Waals surface area contributed by atoms with E-state index < -0.39 is 11.8 Å². The highest BCUT2D eigenvalue weighted by molar-refractivity contribution is 14.1. The van der Waals surface area contributed by atoms with Crippen LogP contribution in [0.2, 0.25) is 0 Å². The average Bonchev–Trinajstić information content (AvgIpc) is 3.22. The molecular formula is C21H22IN3O6. The van der Waals surface area contributed by atoms with Crippen LogP contribution in [0.25, 0.3) is 0 Å². The Morgan fingerprint density at radius 1 is 1.13 bits per heavy atom. The number of fused-ring (bicyclic) bond motifs is 1. The molecule has 0 saturated carbocycles. The van der Waals surface area contributed by atoms with Gasteiger partial charge in [0.1, 0.15) is 0 Å². The molecule has 164 valence electrons. The van der Waals surface area contributed by atoms with Crippen molar-refractivity contribution in [3.8, 4) is 23.0 Å². The zero-order chi connectivity index (χ0) is 22.2. The van der Waals surface area contributed by atoms with E-state index in [1.54, 1.807) is 24.3 Å². The highest BCUT2D eigenvalue weighted by Gasteiger charge is 2.16. The third-order valence-electron chi connectivity index (χ3n) is 4.07. The van der Waals surface area contributed by atoms with Crippen LogP contribution in [-0.2, 0) is 4.79 Å². The molecule has 2 N–H and O–H groups in total. The van der Waals surface area contributed by atoms with Crippen LogP contribution in [0.3, 0.4) is 0 Å². The summed E-state index contributed by atoms with van der Waals surface area (Å²) in [6.07, 6.45) is 1.50. The fourth-order valence-electron chi connectivity index (χ4n) is 2.73. The summed E-state index contributed by atoms with van der Waals surface area (Å²) in [7, 11) is 0. The van der Waals surface area contributed by atoms with Gasteiger partial charge in [-0.3, -0.25) is 9.59 Å². The maximum Gasteiger partial charge on any atom is 0.259 e. The lowest BCUT2D eigenvalue weighted by Gasteiger charge is -2.13. The van der Waals surface area contributed by atoms with Gasteiger partial charge in [-0.15, -0.1) is 0 Å². The number of nitrogens with one attached hydrogen (secondary N) is 2. The fraction of sp³-hybridized carbons (Fsp3) is 0.286. The molecule has 1 aliphatic rings. The van der Waals surface area contributed by atoms with Gasteiger partial charge in [-0.25, -0.2) is 5.43 Å². The number of amides is 2. The van der Waals surface area contributed by atoms with Crippen LogP contribution in [0.5, 0.6) is 23.0 Å². The van der Waals surface area contributed by atoms with Gasteiger partial charge in [-0.1, -0.05) is 0 Å². The SMILES string of the molecule is CCOc1cc(C=NNC(=O)CNC(=O)c2ccc3c(c2)OCO3)cc(I)c1OCC. The predicted octanol–water partition coefficient (Wildman–Crippen LogP) is 2.70. The van der Waals surface area contributed by atoms with Gasteiger partial charge in [0.25, 0.3) is 11.8 Å². The second kappa shape index (κ2) is 10.8.